The van der Waals surface area contributed by atoms with Crippen LogP contribution in [0.25, 0.3) is 0 Å². The number of nitrogens with one attached hydrogen (secondary N) is 1. The molecule has 0 aliphatic carbocycles. The number of halogens is 2. The minimum absolute atomic E-state index is 0.112. The van der Waals surface area contributed by atoms with E-state index in [-0.39, 0.29) is 17.6 Å². The van der Waals surface area contributed by atoms with Crippen LogP contribution in [0.5, 0.6) is 11.5 Å². The quantitative estimate of drug-likeness (QED) is 0.799. The highest BCUT2D eigenvalue weighted by molar-refractivity contribution is 14.1. The Morgan fingerprint density at radius 1 is 1.21 bits per heavy atom. The smallest absolute Gasteiger partial charge is 0.166 e. The summed E-state index contributed by atoms with van der Waals surface area (Å²) in [4.78, 5) is 0. The molecule has 2 aromatic carbocycles. The van der Waals surface area contributed by atoms with Gasteiger partial charge in [0.25, 0.3) is 0 Å². The van der Waals surface area contributed by atoms with E-state index in [1.165, 1.54) is 6.07 Å². The van der Waals surface area contributed by atoms with Gasteiger partial charge in [0.15, 0.2) is 11.6 Å². The van der Waals surface area contributed by atoms with Gasteiger partial charge in [-0.2, -0.15) is 0 Å². The predicted molar refractivity (Wildman–Crippen MR) is 83.1 cm³/mol. The van der Waals surface area contributed by atoms with Crippen molar-refractivity contribution in [3.05, 3.63) is 57.4 Å². The summed E-state index contributed by atoms with van der Waals surface area (Å²) < 4.78 is 20.6. The van der Waals surface area contributed by atoms with Gasteiger partial charge in [-0.3, -0.25) is 0 Å². The van der Waals surface area contributed by atoms with Crippen molar-refractivity contribution < 1.29 is 9.13 Å². The molecule has 0 aliphatic heterocycles. The highest BCUT2D eigenvalue weighted by Gasteiger charge is 2.09. The highest BCUT2D eigenvalue weighted by atomic mass is 127. The van der Waals surface area contributed by atoms with Gasteiger partial charge in [0.2, 0.25) is 0 Å². The van der Waals surface area contributed by atoms with Gasteiger partial charge in [0.1, 0.15) is 5.75 Å². The molecular weight excluding hydrogens is 356 g/mol. The maximum atomic E-state index is 14.0. The molecule has 0 spiro atoms. The lowest BCUT2D eigenvalue weighted by atomic mass is 10.1. The van der Waals surface area contributed by atoms with Crippen molar-refractivity contribution in [2.75, 3.05) is 7.05 Å². The van der Waals surface area contributed by atoms with Crippen molar-refractivity contribution in [1.29, 1.82) is 0 Å². The van der Waals surface area contributed by atoms with Crippen LogP contribution in [0.2, 0.25) is 0 Å². The highest BCUT2D eigenvalue weighted by Crippen LogP contribution is 2.27. The number of rotatable bonds is 4. The van der Waals surface area contributed by atoms with Gasteiger partial charge in [-0.05, 0) is 72.5 Å². The van der Waals surface area contributed by atoms with E-state index in [9.17, 15) is 4.39 Å². The SMILES string of the molecule is CNC(C)c1ccc(Oc2cccc(I)c2)c(F)c1. The summed E-state index contributed by atoms with van der Waals surface area (Å²) in [6.07, 6.45) is 0. The standard InChI is InChI=1S/C15H15FINO/c1-10(18-2)11-6-7-15(14(16)8-11)19-13-5-3-4-12(17)9-13/h3-10,18H,1-2H3. The zero-order valence-corrected chi connectivity index (χ0v) is 12.9. The molecule has 0 aliphatic rings. The number of hydrogen-bond donors (Lipinski definition) is 1. The topological polar surface area (TPSA) is 21.3 Å². The molecule has 0 aromatic heterocycles. The number of ether oxygens (including phenoxy) is 1. The van der Waals surface area contributed by atoms with E-state index in [0.29, 0.717) is 5.75 Å². The van der Waals surface area contributed by atoms with Gasteiger partial charge in [-0.25, -0.2) is 4.39 Å². The second-order valence-corrected chi connectivity index (χ2v) is 5.51. The molecule has 100 valence electrons. The van der Waals surface area contributed by atoms with E-state index in [0.717, 1.165) is 9.13 Å². The van der Waals surface area contributed by atoms with Crippen LogP contribution < -0.4 is 10.1 Å². The van der Waals surface area contributed by atoms with Crippen molar-refractivity contribution in [1.82, 2.24) is 5.32 Å². The molecule has 0 heterocycles. The lowest BCUT2D eigenvalue weighted by Gasteiger charge is -2.12. The molecule has 19 heavy (non-hydrogen) atoms. The molecule has 0 saturated heterocycles. The van der Waals surface area contributed by atoms with E-state index in [4.69, 9.17) is 4.74 Å². The predicted octanol–water partition coefficient (Wildman–Crippen LogP) is 4.50. The van der Waals surface area contributed by atoms with Gasteiger partial charge in [-0.1, -0.05) is 12.1 Å². The Balaban J connectivity index is 2.22. The maximum Gasteiger partial charge on any atom is 0.166 e. The molecule has 1 unspecified atom stereocenters. The minimum Gasteiger partial charge on any atom is -0.454 e. The zero-order chi connectivity index (χ0) is 13.8. The average molecular weight is 371 g/mol. The first kappa shape index (κ1) is 14.3. The molecule has 4 heteroatoms. The summed E-state index contributed by atoms with van der Waals surface area (Å²) >= 11 is 2.19. The minimum atomic E-state index is -0.349. The average Bonchev–Trinajstić information content (AvgIpc) is 2.40. The molecule has 0 fully saturated rings. The van der Waals surface area contributed by atoms with Gasteiger partial charge in [0, 0.05) is 9.61 Å². The lowest BCUT2D eigenvalue weighted by molar-refractivity contribution is 0.440. The van der Waals surface area contributed by atoms with Crippen LogP contribution in [0.1, 0.15) is 18.5 Å². The Hall–Kier alpha value is -1.14. The second-order valence-electron chi connectivity index (χ2n) is 4.26. The van der Waals surface area contributed by atoms with E-state index < -0.39 is 0 Å². The first-order valence-electron chi connectivity index (χ1n) is 6.00. The summed E-state index contributed by atoms with van der Waals surface area (Å²) in [6.45, 7) is 1.98. The first-order valence-corrected chi connectivity index (χ1v) is 7.08. The van der Waals surface area contributed by atoms with Crippen LogP contribution in [-0.2, 0) is 0 Å². The molecule has 0 saturated carbocycles. The third kappa shape index (κ3) is 3.67. The Morgan fingerprint density at radius 2 is 2.00 bits per heavy atom. The monoisotopic (exact) mass is 371 g/mol. The van der Waals surface area contributed by atoms with E-state index in [1.54, 1.807) is 6.07 Å². The lowest BCUT2D eigenvalue weighted by Crippen LogP contribution is -2.12. The van der Waals surface area contributed by atoms with Gasteiger partial charge in [-0.15, -0.1) is 0 Å². The molecule has 0 amide bonds. The van der Waals surface area contributed by atoms with Gasteiger partial charge >= 0.3 is 0 Å². The van der Waals surface area contributed by atoms with Crippen LogP contribution in [0.4, 0.5) is 4.39 Å². The Bertz CT molecular complexity index is 574. The van der Waals surface area contributed by atoms with E-state index in [1.807, 2.05) is 44.3 Å². The van der Waals surface area contributed by atoms with Crippen molar-refractivity contribution in [2.24, 2.45) is 0 Å². The number of hydrogen-bond acceptors (Lipinski definition) is 2. The summed E-state index contributed by atoms with van der Waals surface area (Å²) in [5.74, 6) is 0.535. The molecule has 0 bridgehead atoms. The van der Waals surface area contributed by atoms with Crippen LogP contribution >= 0.6 is 22.6 Å². The van der Waals surface area contributed by atoms with Crippen LogP contribution in [0, 0.1) is 9.39 Å². The van der Waals surface area contributed by atoms with Crippen molar-refractivity contribution in [2.45, 2.75) is 13.0 Å². The molecule has 2 rings (SSSR count). The Labute approximate surface area is 126 Å². The molecule has 2 aromatic rings. The number of benzene rings is 2. The van der Waals surface area contributed by atoms with E-state index >= 15 is 0 Å². The van der Waals surface area contributed by atoms with Crippen molar-refractivity contribution in [3.8, 4) is 11.5 Å². The molecule has 0 radical (unpaired) electrons. The van der Waals surface area contributed by atoms with Crippen LogP contribution in [0.3, 0.4) is 0 Å². The summed E-state index contributed by atoms with van der Waals surface area (Å²) in [7, 11) is 1.85. The van der Waals surface area contributed by atoms with Crippen molar-refractivity contribution in [3.63, 3.8) is 0 Å². The maximum absolute atomic E-state index is 14.0. The summed E-state index contributed by atoms with van der Waals surface area (Å²) in [5.41, 5.74) is 0.898. The Morgan fingerprint density at radius 3 is 2.63 bits per heavy atom. The summed E-state index contributed by atoms with van der Waals surface area (Å²) in [5, 5.41) is 3.08. The third-order valence-corrected chi connectivity index (χ3v) is 3.58. The van der Waals surface area contributed by atoms with Gasteiger partial charge < -0.3 is 10.1 Å². The second kappa shape index (κ2) is 6.34. The summed E-state index contributed by atoms with van der Waals surface area (Å²) in [6, 6.07) is 12.7. The first-order chi connectivity index (χ1) is 9.10. The molecule has 1 atom stereocenters. The Kier molecular flexibility index (Phi) is 4.76. The van der Waals surface area contributed by atoms with Crippen molar-refractivity contribution >= 4 is 22.6 Å². The van der Waals surface area contributed by atoms with Crippen LogP contribution in [-0.4, -0.2) is 7.05 Å². The fourth-order valence-electron chi connectivity index (χ4n) is 1.69. The molecule has 1 N–H and O–H groups in total. The zero-order valence-electron chi connectivity index (χ0n) is 10.8. The molecular formula is C15H15FINO. The molecule has 2 nitrogen and oxygen atoms in total. The normalized spacial score (nSPS) is 12.2. The fourth-order valence-corrected chi connectivity index (χ4v) is 2.21. The fraction of sp³-hybridized carbons (Fsp3) is 0.200. The van der Waals surface area contributed by atoms with Gasteiger partial charge in [0.05, 0.1) is 0 Å². The van der Waals surface area contributed by atoms with E-state index in [2.05, 4.69) is 27.9 Å². The largest absolute Gasteiger partial charge is 0.454 e. The third-order valence-electron chi connectivity index (χ3n) is 2.91. The van der Waals surface area contributed by atoms with Crippen LogP contribution in [0.15, 0.2) is 42.5 Å².